The maximum absolute atomic E-state index is 10.2. The maximum Gasteiger partial charge on any atom is 0.328 e. The van der Waals surface area contributed by atoms with Gasteiger partial charge in [-0.25, -0.2) is 4.79 Å². The Kier molecular flexibility index (Phi) is 2.87. The van der Waals surface area contributed by atoms with Gasteiger partial charge in [0.1, 0.15) is 5.75 Å². The highest BCUT2D eigenvalue weighted by Gasteiger charge is 1.99. The lowest BCUT2D eigenvalue weighted by atomic mass is 10.1. The van der Waals surface area contributed by atoms with Crippen LogP contribution in [0.5, 0.6) is 5.75 Å². The molecule has 0 aliphatic carbocycles. The zero-order valence-corrected chi connectivity index (χ0v) is 7.14. The molecular formula is C10H7NO3. The second-order valence-electron chi connectivity index (χ2n) is 2.56. The van der Waals surface area contributed by atoms with Gasteiger partial charge >= 0.3 is 5.97 Å². The van der Waals surface area contributed by atoms with Crippen LogP contribution in [0.15, 0.2) is 24.3 Å². The van der Waals surface area contributed by atoms with Gasteiger partial charge in [-0.2, -0.15) is 5.26 Å². The number of phenolic OH excluding ortho intramolecular Hbond substituents is 1. The molecule has 1 aromatic rings. The van der Waals surface area contributed by atoms with Crippen molar-refractivity contribution >= 4 is 12.0 Å². The Labute approximate surface area is 80.3 Å². The number of phenols is 1. The van der Waals surface area contributed by atoms with Crippen LogP contribution in [0.1, 0.15) is 11.1 Å². The van der Waals surface area contributed by atoms with E-state index in [0.717, 1.165) is 6.08 Å². The highest BCUT2D eigenvalue weighted by molar-refractivity contribution is 5.85. The predicted octanol–water partition coefficient (Wildman–Crippen LogP) is 1.36. The summed E-state index contributed by atoms with van der Waals surface area (Å²) < 4.78 is 0. The van der Waals surface area contributed by atoms with E-state index in [1.54, 1.807) is 0 Å². The summed E-state index contributed by atoms with van der Waals surface area (Å²) in [5.41, 5.74) is 0.696. The topological polar surface area (TPSA) is 81.3 Å². The van der Waals surface area contributed by atoms with Crippen LogP contribution < -0.4 is 0 Å². The van der Waals surface area contributed by atoms with Gasteiger partial charge in [-0.1, -0.05) is 0 Å². The minimum atomic E-state index is -1.09. The molecule has 2 N–H and O–H groups in total. The molecule has 0 saturated carbocycles. The fourth-order valence-corrected chi connectivity index (χ4v) is 0.915. The molecule has 0 aliphatic rings. The first-order valence-electron chi connectivity index (χ1n) is 3.77. The second kappa shape index (κ2) is 4.10. The number of aromatic hydroxyl groups is 1. The number of nitrogens with zero attached hydrogens (tertiary/aromatic N) is 1. The molecule has 4 nitrogen and oxygen atoms in total. The Morgan fingerprint density at radius 3 is 2.71 bits per heavy atom. The minimum Gasteiger partial charge on any atom is -0.507 e. The molecule has 0 aliphatic heterocycles. The van der Waals surface area contributed by atoms with Gasteiger partial charge < -0.3 is 10.2 Å². The monoisotopic (exact) mass is 189 g/mol. The molecule has 1 aromatic carbocycles. The summed E-state index contributed by atoms with van der Waals surface area (Å²) >= 11 is 0. The molecule has 0 radical (unpaired) electrons. The van der Waals surface area contributed by atoms with Crippen LogP contribution in [-0.2, 0) is 4.79 Å². The number of nitriles is 1. The number of hydrogen-bond donors (Lipinski definition) is 2. The quantitative estimate of drug-likeness (QED) is 0.688. The molecule has 0 fully saturated rings. The third-order valence-electron chi connectivity index (χ3n) is 1.57. The van der Waals surface area contributed by atoms with Gasteiger partial charge in [0, 0.05) is 11.6 Å². The first-order chi connectivity index (χ1) is 6.63. The molecule has 0 unspecified atom stereocenters. The predicted molar refractivity (Wildman–Crippen MR) is 49.5 cm³/mol. The number of aliphatic carboxylic acids is 1. The standard InChI is InChI=1S/C10H7NO3/c11-6-7-1-2-8(9(12)5-7)3-4-10(13)14/h1-5,12H,(H,13,14)/b4-3+. The average Bonchev–Trinajstić information content (AvgIpc) is 2.15. The minimum absolute atomic E-state index is 0.110. The van der Waals surface area contributed by atoms with E-state index in [-0.39, 0.29) is 5.75 Å². The van der Waals surface area contributed by atoms with Crippen molar-refractivity contribution in [3.05, 3.63) is 35.4 Å². The van der Waals surface area contributed by atoms with E-state index >= 15 is 0 Å². The SMILES string of the molecule is N#Cc1ccc(/C=C/C(=O)O)c(O)c1. The van der Waals surface area contributed by atoms with E-state index in [1.165, 1.54) is 24.3 Å². The van der Waals surface area contributed by atoms with Crippen LogP contribution >= 0.6 is 0 Å². The molecule has 0 heterocycles. The van der Waals surface area contributed by atoms with Crippen LogP contribution in [-0.4, -0.2) is 16.2 Å². The van der Waals surface area contributed by atoms with Gasteiger partial charge in [-0.15, -0.1) is 0 Å². The van der Waals surface area contributed by atoms with E-state index < -0.39 is 5.97 Å². The van der Waals surface area contributed by atoms with Crippen molar-refractivity contribution in [3.63, 3.8) is 0 Å². The molecule has 4 heteroatoms. The Hall–Kier alpha value is -2.28. The fraction of sp³-hybridized carbons (Fsp3) is 0. The van der Waals surface area contributed by atoms with Crippen LogP contribution in [0.3, 0.4) is 0 Å². The van der Waals surface area contributed by atoms with Gasteiger partial charge in [0.25, 0.3) is 0 Å². The average molecular weight is 189 g/mol. The van der Waals surface area contributed by atoms with Crippen LogP contribution in [0, 0.1) is 11.3 Å². The number of rotatable bonds is 2. The summed E-state index contributed by atoms with van der Waals surface area (Å²) in [5.74, 6) is -1.20. The first kappa shape index (κ1) is 9.81. The summed E-state index contributed by atoms with van der Waals surface area (Å²) in [4.78, 5) is 10.2. The lowest BCUT2D eigenvalue weighted by molar-refractivity contribution is -0.131. The molecule has 70 valence electrons. The summed E-state index contributed by atoms with van der Waals surface area (Å²) in [6.45, 7) is 0. The zero-order chi connectivity index (χ0) is 10.6. The van der Waals surface area contributed by atoms with Gasteiger partial charge in [0.15, 0.2) is 0 Å². The molecule has 0 bridgehead atoms. The third-order valence-corrected chi connectivity index (χ3v) is 1.57. The second-order valence-corrected chi connectivity index (χ2v) is 2.56. The van der Waals surface area contributed by atoms with Crippen LogP contribution in [0.25, 0.3) is 6.08 Å². The molecule has 0 saturated heterocycles. The largest absolute Gasteiger partial charge is 0.507 e. The third kappa shape index (κ3) is 2.35. The van der Waals surface area contributed by atoms with Crippen LogP contribution in [0.2, 0.25) is 0 Å². The molecule has 0 atom stereocenters. The molecule has 14 heavy (non-hydrogen) atoms. The summed E-state index contributed by atoms with van der Waals surface area (Å²) in [5, 5.41) is 26.2. The van der Waals surface area contributed by atoms with Crippen molar-refractivity contribution in [3.8, 4) is 11.8 Å². The van der Waals surface area contributed by atoms with Crippen molar-refractivity contribution in [1.82, 2.24) is 0 Å². The maximum atomic E-state index is 10.2. The summed E-state index contributed by atoms with van der Waals surface area (Å²) in [6.07, 6.45) is 2.18. The number of carboxylic acids is 1. The van der Waals surface area contributed by atoms with E-state index in [9.17, 15) is 9.90 Å². The lowest BCUT2D eigenvalue weighted by Crippen LogP contribution is -1.86. The van der Waals surface area contributed by atoms with Gasteiger partial charge in [-0.05, 0) is 24.3 Å². The number of carbonyl (C=O) groups is 1. The van der Waals surface area contributed by atoms with Gasteiger partial charge in [0.05, 0.1) is 11.6 Å². The van der Waals surface area contributed by atoms with Crippen molar-refractivity contribution in [1.29, 1.82) is 5.26 Å². The Morgan fingerprint density at radius 2 is 2.21 bits per heavy atom. The Bertz CT molecular complexity index is 429. The molecule has 1 rings (SSSR count). The zero-order valence-electron chi connectivity index (χ0n) is 7.14. The Morgan fingerprint density at radius 1 is 1.50 bits per heavy atom. The van der Waals surface area contributed by atoms with E-state index in [0.29, 0.717) is 11.1 Å². The van der Waals surface area contributed by atoms with E-state index in [4.69, 9.17) is 10.4 Å². The number of hydrogen-bond acceptors (Lipinski definition) is 3. The number of benzene rings is 1. The normalized spacial score (nSPS) is 9.93. The smallest absolute Gasteiger partial charge is 0.328 e. The molecular weight excluding hydrogens is 182 g/mol. The fourth-order valence-electron chi connectivity index (χ4n) is 0.915. The van der Waals surface area contributed by atoms with Crippen LogP contribution in [0.4, 0.5) is 0 Å². The van der Waals surface area contributed by atoms with E-state index in [1.807, 2.05) is 6.07 Å². The summed E-state index contributed by atoms with van der Waals surface area (Å²) in [6, 6.07) is 6.12. The highest BCUT2D eigenvalue weighted by Crippen LogP contribution is 2.19. The highest BCUT2D eigenvalue weighted by atomic mass is 16.4. The van der Waals surface area contributed by atoms with Crippen molar-refractivity contribution in [2.45, 2.75) is 0 Å². The lowest BCUT2D eigenvalue weighted by Gasteiger charge is -1.97. The molecule has 0 spiro atoms. The number of carboxylic acid groups (broad SMARTS) is 1. The van der Waals surface area contributed by atoms with Crippen molar-refractivity contribution in [2.24, 2.45) is 0 Å². The molecule has 0 aromatic heterocycles. The summed E-state index contributed by atoms with van der Waals surface area (Å²) in [7, 11) is 0. The van der Waals surface area contributed by atoms with Gasteiger partial charge in [-0.3, -0.25) is 0 Å². The van der Waals surface area contributed by atoms with Crippen molar-refractivity contribution in [2.75, 3.05) is 0 Å². The first-order valence-corrected chi connectivity index (χ1v) is 3.77. The Balaban J connectivity index is 3.02. The molecule has 0 amide bonds. The van der Waals surface area contributed by atoms with E-state index in [2.05, 4.69) is 0 Å². The van der Waals surface area contributed by atoms with Crippen molar-refractivity contribution < 1.29 is 15.0 Å². The van der Waals surface area contributed by atoms with Gasteiger partial charge in [0.2, 0.25) is 0 Å².